The smallest absolute Gasteiger partial charge is 0.191 e. The number of ether oxygens (including phenoxy) is 1. The molecule has 6 heteroatoms. The molecule has 1 atom stereocenters. The number of likely N-dealkylation sites (tertiary alicyclic amines) is 1. The molecule has 3 rings (SSSR count). The van der Waals surface area contributed by atoms with E-state index in [0.29, 0.717) is 6.54 Å². The van der Waals surface area contributed by atoms with E-state index in [0.717, 1.165) is 37.1 Å². The molecule has 0 amide bonds. The maximum absolute atomic E-state index is 5.67. The van der Waals surface area contributed by atoms with Gasteiger partial charge in [0.1, 0.15) is 11.5 Å². The minimum atomic E-state index is 0.229. The molecule has 1 saturated heterocycles. The Hall–Kier alpha value is -2.47. The van der Waals surface area contributed by atoms with Gasteiger partial charge in [0.15, 0.2) is 5.96 Å². The zero-order chi connectivity index (χ0) is 18.2. The first kappa shape index (κ1) is 18.3. The normalized spacial score (nSPS) is 16.5. The fourth-order valence-corrected chi connectivity index (χ4v) is 3.29. The van der Waals surface area contributed by atoms with Crippen LogP contribution in [-0.2, 0) is 6.54 Å². The van der Waals surface area contributed by atoms with Crippen molar-refractivity contribution in [2.45, 2.75) is 25.4 Å². The van der Waals surface area contributed by atoms with Gasteiger partial charge in [-0.25, -0.2) is 0 Å². The third kappa shape index (κ3) is 4.79. The molecule has 0 aliphatic carbocycles. The van der Waals surface area contributed by atoms with Crippen LogP contribution in [0.1, 0.15) is 30.2 Å². The first-order valence-electron chi connectivity index (χ1n) is 9.15. The van der Waals surface area contributed by atoms with Crippen LogP contribution in [0.25, 0.3) is 0 Å². The minimum Gasteiger partial charge on any atom is -0.497 e. The molecular formula is C20H28N4O2. The summed E-state index contributed by atoms with van der Waals surface area (Å²) in [6.45, 7) is 3.70. The zero-order valence-corrected chi connectivity index (χ0v) is 15.6. The number of rotatable bonds is 7. The van der Waals surface area contributed by atoms with Gasteiger partial charge in [-0.3, -0.25) is 9.89 Å². The molecule has 140 valence electrons. The molecule has 6 nitrogen and oxygen atoms in total. The van der Waals surface area contributed by atoms with Crippen LogP contribution in [0.5, 0.6) is 5.75 Å². The van der Waals surface area contributed by atoms with E-state index in [4.69, 9.17) is 9.15 Å². The van der Waals surface area contributed by atoms with Crippen LogP contribution in [0.4, 0.5) is 0 Å². The minimum absolute atomic E-state index is 0.229. The average Bonchev–Trinajstić information content (AvgIpc) is 3.39. The molecule has 1 fully saturated rings. The van der Waals surface area contributed by atoms with E-state index in [2.05, 4.69) is 38.7 Å². The van der Waals surface area contributed by atoms with Crippen molar-refractivity contribution in [1.82, 2.24) is 15.5 Å². The predicted octanol–water partition coefficient (Wildman–Crippen LogP) is 2.79. The van der Waals surface area contributed by atoms with Crippen molar-refractivity contribution in [3.8, 4) is 5.75 Å². The molecule has 26 heavy (non-hydrogen) atoms. The van der Waals surface area contributed by atoms with Crippen molar-refractivity contribution in [2.24, 2.45) is 4.99 Å². The van der Waals surface area contributed by atoms with Gasteiger partial charge in [0, 0.05) is 20.1 Å². The summed E-state index contributed by atoms with van der Waals surface area (Å²) in [5.41, 5.74) is 1.18. The van der Waals surface area contributed by atoms with Gasteiger partial charge in [-0.1, -0.05) is 12.1 Å². The quantitative estimate of drug-likeness (QED) is 0.590. The molecule has 2 aromatic rings. The largest absolute Gasteiger partial charge is 0.497 e. The molecular weight excluding hydrogens is 328 g/mol. The number of nitrogens with one attached hydrogen (secondary N) is 2. The summed E-state index contributed by atoms with van der Waals surface area (Å²) in [5, 5.41) is 6.80. The van der Waals surface area contributed by atoms with Crippen LogP contribution in [0, 0.1) is 0 Å². The maximum atomic E-state index is 5.67. The summed E-state index contributed by atoms with van der Waals surface area (Å²) in [5.74, 6) is 2.66. The molecule has 0 radical (unpaired) electrons. The monoisotopic (exact) mass is 356 g/mol. The highest BCUT2D eigenvalue weighted by Crippen LogP contribution is 2.24. The van der Waals surface area contributed by atoms with Crippen molar-refractivity contribution < 1.29 is 9.15 Å². The Morgan fingerprint density at radius 3 is 2.58 bits per heavy atom. The SMILES string of the molecule is CN=C(NCc1ccc(OC)cc1)NCC(c1ccco1)N1CCCC1. The van der Waals surface area contributed by atoms with Gasteiger partial charge in [0.05, 0.1) is 19.4 Å². The molecule has 0 bridgehead atoms. The standard InChI is InChI=1S/C20H28N4O2/c1-21-20(22-14-16-7-9-17(25-2)10-8-16)23-15-18(19-6-5-13-26-19)24-11-3-4-12-24/h5-10,13,18H,3-4,11-12,14-15H2,1-2H3,(H2,21,22,23). The number of hydrogen-bond acceptors (Lipinski definition) is 4. The molecule has 1 aromatic carbocycles. The van der Waals surface area contributed by atoms with Crippen molar-refractivity contribution in [2.75, 3.05) is 33.8 Å². The highest BCUT2D eigenvalue weighted by molar-refractivity contribution is 5.79. The summed E-state index contributed by atoms with van der Waals surface area (Å²) in [7, 11) is 3.47. The summed E-state index contributed by atoms with van der Waals surface area (Å²) in [6.07, 6.45) is 4.25. The van der Waals surface area contributed by atoms with Gasteiger partial charge >= 0.3 is 0 Å². The Kier molecular flexibility index (Phi) is 6.55. The lowest BCUT2D eigenvalue weighted by Gasteiger charge is -2.26. The molecule has 1 aliphatic heterocycles. The Bertz CT molecular complexity index is 676. The number of furan rings is 1. The van der Waals surface area contributed by atoms with Gasteiger partial charge in [-0.2, -0.15) is 0 Å². The topological polar surface area (TPSA) is 62.0 Å². The maximum Gasteiger partial charge on any atom is 0.191 e. The number of hydrogen-bond donors (Lipinski definition) is 2. The van der Waals surface area contributed by atoms with Crippen molar-refractivity contribution >= 4 is 5.96 Å². The molecule has 2 heterocycles. The van der Waals surface area contributed by atoms with Crippen molar-refractivity contribution in [1.29, 1.82) is 0 Å². The first-order chi connectivity index (χ1) is 12.8. The summed E-state index contributed by atoms with van der Waals surface area (Å²) in [6, 6.07) is 12.3. The molecule has 1 aliphatic rings. The van der Waals surface area contributed by atoms with Gasteiger partial charge in [-0.05, 0) is 55.8 Å². The van der Waals surface area contributed by atoms with Crippen molar-refractivity contribution in [3.63, 3.8) is 0 Å². The van der Waals surface area contributed by atoms with Gasteiger partial charge < -0.3 is 19.8 Å². The fraction of sp³-hybridized carbons (Fsp3) is 0.450. The summed E-state index contributed by atoms with van der Waals surface area (Å²) in [4.78, 5) is 6.81. The van der Waals surface area contributed by atoms with E-state index in [1.54, 1.807) is 20.4 Å². The van der Waals surface area contributed by atoms with E-state index in [1.165, 1.54) is 18.4 Å². The van der Waals surface area contributed by atoms with E-state index in [9.17, 15) is 0 Å². The lowest BCUT2D eigenvalue weighted by Crippen LogP contribution is -2.42. The van der Waals surface area contributed by atoms with Crippen LogP contribution in [0.2, 0.25) is 0 Å². The fourth-order valence-electron chi connectivity index (χ4n) is 3.29. The number of benzene rings is 1. The van der Waals surface area contributed by atoms with Crippen LogP contribution in [0.3, 0.4) is 0 Å². The molecule has 0 saturated carbocycles. The second-order valence-corrected chi connectivity index (χ2v) is 6.43. The van der Waals surface area contributed by atoms with Crippen LogP contribution < -0.4 is 15.4 Å². The highest BCUT2D eigenvalue weighted by atomic mass is 16.5. The Morgan fingerprint density at radius 1 is 1.19 bits per heavy atom. The van der Waals surface area contributed by atoms with E-state index in [1.807, 2.05) is 18.2 Å². The van der Waals surface area contributed by atoms with E-state index >= 15 is 0 Å². The third-order valence-electron chi connectivity index (χ3n) is 4.76. The van der Waals surface area contributed by atoms with Crippen LogP contribution >= 0.6 is 0 Å². The Morgan fingerprint density at radius 2 is 1.96 bits per heavy atom. The average molecular weight is 356 g/mol. The second kappa shape index (κ2) is 9.29. The Labute approximate surface area is 155 Å². The number of methoxy groups -OCH3 is 1. The predicted molar refractivity (Wildman–Crippen MR) is 103 cm³/mol. The van der Waals surface area contributed by atoms with Crippen LogP contribution in [0.15, 0.2) is 52.1 Å². The van der Waals surface area contributed by atoms with Gasteiger partial charge in [-0.15, -0.1) is 0 Å². The lowest BCUT2D eigenvalue weighted by atomic mass is 10.2. The Balaban J connectivity index is 1.54. The summed E-state index contributed by atoms with van der Waals surface area (Å²) < 4.78 is 10.9. The second-order valence-electron chi connectivity index (χ2n) is 6.43. The van der Waals surface area contributed by atoms with E-state index in [-0.39, 0.29) is 6.04 Å². The summed E-state index contributed by atoms with van der Waals surface area (Å²) >= 11 is 0. The first-order valence-corrected chi connectivity index (χ1v) is 9.15. The lowest BCUT2D eigenvalue weighted by molar-refractivity contribution is 0.215. The van der Waals surface area contributed by atoms with Gasteiger partial charge in [0.25, 0.3) is 0 Å². The number of guanidine groups is 1. The number of nitrogens with zero attached hydrogens (tertiary/aromatic N) is 2. The molecule has 2 N–H and O–H groups in total. The van der Waals surface area contributed by atoms with E-state index < -0.39 is 0 Å². The molecule has 0 spiro atoms. The molecule has 1 unspecified atom stereocenters. The molecule has 1 aromatic heterocycles. The zero-order valence-electron chi connectivity index (χ0n) is 15.6. The third-order valence-corrected chi connectivity index (χ3v) is 4.76. The highest BCUT2D eigenvalue weighted by Gasteiger charge is 2.25. The number of aliphatic imine (C=N–C) groups is 1. The van der Waals surface area contributed by atoms with Crippen LogP contribution in [-0.4, -0.2) is 44.7 Å². The van der Waals surface area contributed by atoms with Crippen molar-refractivity contribution in [3.05, 3.63) is 54.0 Å². The van der Waals surface area contributed by atoms with Gasteiger partial charge in [0.2, 0.25) is 0 Å².